The van der Waals surface area contributed by atoms with E-state index in [2.05, 4.69) is 59.9 Å². The van der Waals surface area contributed by atoms with Crippen molar-refractivity contribution in [3.8, 4) is 5.75 Å². The van der Waals surface area contributed by atoms with Crippen LogP contribution in [0.5, 0.6) is 5.75 Å². The molecule has 0 radical (unpaired) electrons. The number of aryl methyl sites for hydroxylation is 2. The van der Waals surface area contributed by atoms with E-state index in [4.69, 9.17) is 16.3 Å². The summed E-state index contributed by atoms with van der Waals surface area (Å²) in [5.74, 6) is 1.95. The molecule has 29 heavy (non-hydrogen) atoms. The average Bonchev–Trinajstić information content (AvgIpc) is 3.15. The van der Waals surface area contributed by atoms with Crippen LogP contribution in [0.2, 0.25) is 5.02 Å². The van der Waals surface area contributed by atoms with E-state index in [0.29, 0.717) is 12.6 Å². The summed E-state index contributed by atoms with van der Waals surface area (Å²) in [6, 6.07) is 12.5. The van der Waals surface area contributed by atoms with Gasteiger partial charge in [0, 0.05) is 36.1 Å². The third kappa shape index (κ3) is 5.58. The van der Waals surface area contributed by atoms with Crippen LogP contribution in [0.4, 0.5) is 0 Å². The summed E-state index contributed by atoms with van der Waals surface area (Å²) >= 11 is 6.23. The molecule has 0 aliphatic heterocycles. The molecule has 5 nitrogen and oxygen atoms in total. The van der Waals surface area contributed by atoms with Gasteiger partial charge in [0.15, 0.2) is 0 Å². The third-order valence-corrected chi connectivity index (χ3v) is 5.28. The second-order valence-electron chi connectivity index (χ2n) is 7.61. The van der Waals surface area contributed by atoms with Gasteiger partial charge in [-0.25, -0.2) is 0 Å². The Labute approximate surface area is 178 Å². The van der Waals surface area contributed by atoms with E-state index in [0.717, 1.165) is 52.8 Å². The van der Waals surface area contributed by atoms with E-state index in [1.807, 2.05) is 24.3 Å². The summed E-state index contributed by atoms with van der Waals surface area (Å²) in [6.45, 7) is 10.6. The van der Waals surface area contributed by atoms with Gasteiger partial charge in [0.2, 0.25) is 0 Å². The largest absolute Gasteiger partial charge is 0.488 e. The fourth-order valence-corrected chi connectivity index (χ4v) is 3.64. The van der Waals surface area contributed by atoms with Crippen molar-refractivity contribution in [2.45, 2.75) is 53.3 Å². The first-order chi connectivity index (χ1) is 14.0. The predicted molar refractivity (Wildman–Crippen MR) is 118 cm³/mol. The average molecular weight is 413 g/mol. The zero-order valence-electron chi connectivity index (χ0n) is 17.6. The highest BCUT2D eigenvalue weighted by Gasteiger charge is 2.09. The van der Waals surface area contributed by atoms with Crippen molar-refractivity contribution < 1.29 is 4.74 Å². The van der Waals surface area contributed by atoms with Crippen LogP contribution in [-0.4, -0.2) is 21.3 Å². The number of benzene rings is 2. The van der Waals surface area contributed by atoms with E-state index < -0.39 is 0 Å². The first kappa shape index (κ1) is 21.3. The molecule has 3 aromatic rings. The van der Waals surface area contributed by atoms with Crippen LogP contribution >= 0.6 is 11.6 Å². The lowest BCUT2D eigenvalue weighted by molar-refractivity contribution is 0.302. The Morgan fingerprint density at radius 2 is 1.86 bits per heavy atom. The molecular weight excluding hydrogens is 384 g/mol. The summed E-state index contributed by atoms with van der Waals surface area (Å²) in [5, 5.41) is 12.5. The van der Waals surface area contributed by atoms with Crippen LogP contribution in [0.25, 0.3) is 0 Å². The van der Waals surface area contributed by atoms with Gasteiger partial charge in [0.05, 0.1) is 0 Å². The van der Waals surface area contributed by atoms with Gasteiger partial charge in [-0.1, -0.05) is 41.9 Å². The lowest BCUT2D eigenvalue weighted by Gasteiger charge is -2.15. The van der Waals surface area contributed by atoms with Crippen molar-refractivity contribution in [2.75, 3.05) is 6.54 Å². The van der Waals surface area contributed by atoms with Crippen molar-refractivity contribution in [3.63, 3.8) is 0 Å². The fraction of sp³-hybridized carbons (Fsp3) is 0.391. The monoisotopic (exact) mass is 412 g/mol. The molecule has 0 aliphatic carbocycles. The van der Waals surface area contributed by atoms with Crippen molar-refractivity contribution in [1.29, 1.82) is 0 Å². The first-order valence-corrected chi connectivity index (χ1v) is 10.4. The minimum absolute atomic E-state index is 0.378. The third-order valence-electron chi connectivity index (χ3n) is 4.91. The van der Waals surface area contributed by atoms with E-state index in [-0.39, 0.29) is 0 Å². The van der Waals surface area contributed by atoms with Crippen molar-refractivity contribution in [2.24, 2.45) is 0 Å². The summed E-state index contributed by atoms with van der Waals surface area (Å²) in [5.41, 5.74) is 4.50. The van der Waals surface area contributed by atoms with E-state index in [1.165, 1.54) is 5.56 Å². The summed E-state index contributed by atoms with van der Waals surface area (Å²) in [4.78, 5) is 0. The molecule has 154 valence electrons. The highest BCUT2D eigenvalue weighted by Crippen LogP contribution is 2.27. The molecule has 1 N–H and O–H groups in total. The van der Waals surface area contributed by atoms with Crippen LogP contribution in [0.3, 0.4) is 0 Å². The zero-order chi connectivity index (χ0) is 20.8. The highest BCUT2D eigenvalue weighted by molar-refractivity contribution is 6.31. The van der Waals surface area contributed by atoms with Crippen LogP contribution in [0.1, 0.15) is 48.0 Å². The second-order valence-corrected chi connectivity index (χ2v) is 8.02. The van der Waals surface area contributed by atoms with Crippen LogP contribution in [0, 0.1) is 13.8 Å². The lowest BCUT2D eigenvalue weighted by atomic mass is 10.1. The van der Waals surface area contributed by atoms with Gasteiger partial charge in [0.1, 0.15) is 24.5 Å². The Bertz CT molecular complexity index is 929. The molecule has 0 bridgehead atoms. The standard InChI is InChI=1S/C23H29ClN4O/c1-16(2)28-15-26-27-22(28)9-10-25-13-19-11-17(3)23(18(4)12-19)29-14-20-7-5-6-8-21(20)24/h5-8,11-12,15-16,25H,9-10,13-14H2,1-4H3. The number of rotatable bonds is 9. The fourth-order valence-electron chi connectivity index (χ4n) is 3.44. The van der Waals surface area contributed by atoms with Gasteiger partial charge in [-0.05, 0) is 50.5 Å². The SMILES string of the molecule is Cc1cc(CNCCc2nncn2C(C)C)cc(C)c1OCc1ccccc1Cl. The number of hydrogen-bond acceptors (Lipinski definition) is 4. The van der Waals surface area contributed by atoms with E-state index >= 15 is 0 Å². The Hall–Kier alpha value is -2.37. The predicted octanol–water partition coefficient (Wildman–Crippen LogP) is 5.04. The molecule has 6 heteroatoms. The topological polar surface area (TPSA) is 52.0 Å². The molecule has 3 rings (SSSR count). The number of aromatic nitrogens is 3. The quantitative estimate of drug-likeness (QED) is 0.500. The zero-order valence-corrected chi connectivity index (χ0v) is 18.3. The van der Waals surface area contributed by atoms with Crippen LogP contribution < -0.4 is 10.1 Å². The summed E-state index contributed by atoms with van der Waals surface area (Å²) in [6.07, 6.45) is 2.66. The smallest absolute Gasteiger partial charge is 0.134 e. The molecule has 0 saturated carbocycles. The molecule has 0 spiro atoms. The molecule has 1 aromatic heterocycles. The van der Waals surface area contributed by atoms with E-state index in [9.17, 15) is 0 Å². The molecule has 0 fully saturated rings. The highest BCUT2D eigenvalue weighted by atomic mass is 35.5. The molecule has 0 atom stereocenters. The maximum atomic E-state index is 6.23. The summed E-state index contributed by atoms with van der Waals surface area (Å²) in [7, 11) is 0. The number of hydrogen-bond donors (Lipinski definition) is 1. The lowest BCUT2D eigenvalue weighted by Crippen LogP contribution is -2.19. The Morgan fingerprint density at radius 1 is 1.14 bits per heavy atom. The van der Waals surface area contributed by atoms with Gasteiger partial charge in [0.25, 0.3) is 0 Å². The molecular formula is C23H29ClN4O. The molecule has 0 amide bonds. The maximum absolute atomic E-state index is 6.23. The molecule has 1 heterocycles. The minimum atomic E-state index is 0.378. The number of halogens is 1. The molecule has 0 unspecified atom stereocenters. The number of ether oxygens (including phenoxy) is 1. The van der Waals surface area contributed by atoms with Crippen molar-refractivity contribution in [1.82, 2.24) is 20.1 Å². The first-order valence-electron chi connectivity index (χ1n) is 10.0. The second kappa shape index (κ2) is 9.90. The van der Waals surface area contributed by atoms with Gasteiger partial charge >= 0.3 is 0 Å². The Balaban J connectivity index is 1.55. The Morgan fingerprint density at radius 3 is 2.55 bits per heavy atom. The maximum Gasteiger partial charge on any atom is 0.134 e. The Kier molecular flexibility index (Phi) is 7.29. The number of nitrogens with one attached hydrogen (secondary N) is 1. The van der Waals surface area contributed by atoms with E-state index in [1.54, 1.807) is 6.33 Å². The summed E-state index contributed by atoms with van der Waals surface area (Å²) < 4.78 is 8.19. The van der Waals surface area contributed by atoms with Gasteiger partial charge in [-0.15, -0.1) is 10.2 Å². The normalized spacial score (nSPS) is 11.2. The van der Waals surface area contributed by atoms with Crippen LogP contribution in [0.15, 0.2) is 42.7 Å². The molecule has 2 aromatic carbocycles. The van der Waals surface area contributed by atoms with Crippen molar-refractivity contribution >= 4 is 11.6 Å². The minimum Gasteiger partial charge on any atom is -0.488 e. The van der Waals surface area contributed by atoms with Crippen molar-refractivity contribution in [3.05, 3.63) is 75.8 Å². The number of nitrogens with zero attached hydrogens (tertiary/aromatic N) is 3. The molecule has 0 saturated heterocycles. The molecule has 0 aliphatic rings. The van der Waals surface area contributed by atoms with Gasteiger partial charge in [-0.2, -0.15) is 0 Å². The van der Waals surface area contributed by atoms with Gasteiger partial charge < -0.3 is 14.6 Å². The van der Waals surface area contributed by atoms with Crippen LogP contribution in [-0.2, 0) is 19.6 Å². The van der Waals surface area contributed by atoms with Gasteiger partial charge in [-0.3, -0.25) is 0 Å².